The minimum absolute atomic E-state index is 0.0717. The van der Waals surface area contributed by atoms with E-state index >= 15 is 0 Å². The van der Waals surface area contributed by atoms with Crippen molar-refractivity contribution in [1.82, 2.24) is 19.5 Å². The standard InChI is InChI=1S/C27H38N6O4/c1-27(2,3)32-24-23-25(33(18-28-23)21-10-7-9-17-37-21)31-26(30-24)29-19-12-14-20(15-13-19)36-16-8-5-4-6-11-22(34)35/h12-15,18,21H,4-11,16-17H2,1-3H3,(H,34,35)(H2,29,30,31,32). The molecule has 0 saturated carbocycles. The summed E-state index contributed by atoms with van der Waals surface area (Å²) in [6, 6.07) is 7.71. The predicted molar refractivity (Wildman–Crippen MR) is 143 cm³/mol. The lowest BCUT2D eigenvalue weighted by Gasteiger charge is -2.24. The maximum Gasteiger partial charge on any atom is 0.303 e. The van der Waals surface area contributed by atoms with Crippen LogP contribution in [-0.4, -0.2) is 49.3 Å². The van der Waals surface area contributed by atoms with Crippen molar-refractivity contribution in [3.8, 4) is 5.75 Å². The van der Waals surface area contributed by atoms with Gasteiger partial charge in [0.2, 0.25) is 5.95 Å². The summed E-state index contributed by atoms with van der Waals surface area (Å²) in [5, 5.41) is 15.5. The van der Waals surface area contributed by atoms with Crippen molar-refractivity contribution in [2.75, 3.05) is 23.8 Å². The van der Waals surface area contributed by atoms with Crippen molar-refractivity contribution in [2.45, 2.75) is 83.9 Å². The number of hydrogen-bond acceptors (Lipinski definition) is 8. The maximum atomic E-state index is 10.6. The van der Waals surface area contributed by atoms with Gasteiger partial charge in [0.25, 0.3) is 0 Å². The van der Waals surface area contributed by atoms with Crippen molar-refractivity contribution in [1.29, 1.82) is 0 Å². The molecule has 10 nitrogen and oxygen atoms in total. The van der Waals surface area contributed by atoms with Gasteiger partial charge in [0.15, 0.2) is 17.0 Å². The van der Waals surface area contributed by atoms with E-state index in [1.165, 1.54) is 0 Å². The zero-order chi connectivity index (χ0) is 26.3. The van der Waals surface area contributed by atoms with Crippen LogP contribution in [0.1, 0.15) is 78.4 Å². The van der Waals surface area contributed by atoms with Crippen LogP contribution in [0.4, 0.5) is 17.5 Å². The molecule has 37 heavy (non-hydrogen) atoms. The highest BCUT2D eigenvalue weighted by Gasteiger charge is 2.23. The summed E-state index contributed by atoms with van der Waals surface area (Å²) in [5.74, 6) is 1.21. The first kappa shape index (κ1) is 26.7. The number of benzene rings is 1. The Morgan fingerprint density at radius 1 is 1.14 bits per heavy atom. The van der Waals surface area contributed by atoms with Gasteiger partial charge < -0.3 is 25.2 Å². The first-order chi connectivity index (χ1) is 17.8. The number of imidazole rings is 1. The van der Waals surface area contributed by atoms with E-state index in [1.807, 2.05) is 28.8 Å². The number of aromatic nitrogens is 4. The van der Waals surface area contributed by atoms with E-state index in [2.05, 4.69) is 36.4 Å². The molecule has 1 fully saturated rings. The van der Waals surface area contributed by atoms with E-state index in [0.717, 1.165) is 67.7 Å². The van der Waals surface area contributed by atoms with Crippen LogP contribution in [0.25, 0.3) is 11.2 Å². The highest BCUT2D eigenvalue weighted by molar-refractivity contribution is 5.85. The normalized spacial score (nSPS) is 16.0. The van der Waals surface area contributed by atoms with Crippen molar-refractivity contribution < 1.29 is 19.4 Å². The number of ether oxygens (including phenoxy) is 2. The largest absolute Gasteiger partial charge is 0.494 e. The molecule has 1 aliphatic heterocycles. The molecule has 3 aromatic rings. The lowest BCUT2D eigenvalue weighted by molar-refractivity contribution is -0.137. The summed E-state index contributed by atoms with van der Waals surface area (Å²) in [6.07, 6.45) is 8.56. The van der Waals surface area contributed by atoms with E-state index in [9.17, 15) is 4.79 Å². The molecular formula is C27H38N6O4. The van der Waals surface area contributed by atoms with Gasteiger partial charge in [-0.05, 0) is 77.1 Å². The van der Waals surface area contributed by atoms with Crippen LogP contribution in [0.15, 0.2) is 30.6 Å². The van der Waals surface area contributed by atoms with E-state index in [4.69, 9.17) is 24.5 Å². The minimum Gasteiger partial charge on any atom is -0.494 e. The Morgan fingerprint density at radius 2 is 1.92 bits per heavy atom. The van der Waals surface area contributed by atoms with E-state index in [-0.39, 0.29) is 18.2 Å². The summed E-state index contributed by atoms with van der Waals surface area (Å²) in [6.45, 7) is 7.61. The molecule has 10 heteroatoms. The van der Waals surface area contributed by atoms with Gasteiger partial charge in [-0.25, -0.2) is 4.98 Å². The van der Waals surface area contributed by atoms with Crippen LogP contribution in [-0.2, 0) is 9.53 Å². The minimum atomic E-state index is -0.735. The summed E-state index contributed by atoms with van der Waals surface area (Å²) < 4.78 is 13.8. The molecule has 2 aromatic heterocycles. The van der Waals surface area contributed by atoms with Crippen LogP contribution < -0.4 is 15.4 Å². The average Bonchev–Trinajstić information content (AvgIpc) is 3.28. The van der Waals surface area contributed by atoms with Crippen molar-refractivity contribution in [3.63, 3.8) is 0 Å². The molecule has 3 heterocycles. The Hall–Kier alpha value is -3.40. The number of carboxylic acids is 1. The van der Waals surface area contributed by atoms with Gasteiger partial charge >= 0.3 is 5.97 Å². The number of carboxylic acid groups (broad SMARTS) is 1. The second-order valence-electron chi connectivity index (χ2n) is 10.5. The fraction of sp³-hybridized carbons (Fsp3) is 0.556. The number of rotatable bonds is 12. The molecule has 0 aliphatic carbocycles. The number of nitrogens with zero attached hydrogens (tertiary/aromatic N) is 4. The molecule has 1 saturated heterocycles. The second kappa shape index (κ2) is 12.2. The number of fused-ring (bicyclic) bond motifs is 1. The van der Waals surface area contributed by atoms with Gasteiger partial charge in [0.05, 0.1) is 12.9 Å². The number of nitrogens with one attached hydrogen (secondary N) is 2. The molecule has 3 N–H and O–H groups in total. The fourth-order valence-electron chi connectivity index (χ4n) is 4.25. The quantitative estimate of drug-likeness (QED) is 0.256. The SMILES string of the molecule is CC(C)(C)Nc1nc(Nc2ccc(OCCCCCCC(=O)O)cc2)nc2c1ncn2C1CCCCO1. The van der Waals surface area contributed by atoms with E-state index in [0.29, 0.717) is 24.8 Å². The first-order valence-electron chi connectivity index (χ1n) is 13.1. The molecule has 1 unspecified atom stereocenters. The van der Waals surface area contributed by atoms with Gasteiger partial charge in [0.1, 0.15) is 12.0 Å². The van der Waals surface area contributed by atoms with Gasteiger partial charge in [-0.15, -0.1) is 0 Å². The number of anilines is 3. The number of aliphatic carboxylic acids is 1. The van der Waals surface area contributed by atoms with Crippen LogP contribution in [0.2, 0.25) is 0 Å². The summed E-state index contributed by atoms with van der Waals surface area (Å²) in [7, 11) is 0. The lowest BCUT2D eigenvalue weighted by atomic mass is 10.1. The first-order valence-corrected chi connectivity index (χ1v) is 13.1. The Kier molecular flexibility index (Phi) is 8.81. The maximum absolute atomic E-state index is 10.6. The molecule has 0 bridgehead atoms. The van der Waals surface area contributed by atoms with Crippen LogP contribution in [0.3, 0.4) is 0 Å². The lowest BCUT2D eigenvalue weighted by Crippen LogP contribution is -2.27. The monoisotopic (exact) mass is 510 g/mol. The topological polar surface area (TPSA) is 123 Å². The number of unbranched alkanes of at least 4 members (excludes halogenated alkanes) is 3. The molecule has 1 aliphatic rings. The predicted octanol–water partition coefficient (Wildman–Crippen LogP) is 5.89. The summed E-state index contributed by atoms with van der Waals surface area (Å²) in [4.78, 5) is 24.7. The molecule has 1 atom stereocenters. The Bertz CT molecular complexity index is 1170. The smallest absolute Gasteiger partial charge is 0.303 e. The van der Waals surface area contributed by atoms with Crippen molar-refractivity contribution in [3.05, 3.63) is 30.6 Å². The summed E-state index contributed by atoms with van der Waals surface area (Å²) in [5.41, 5.74) is 2.11. The molecule has 200 valence electrons. The van der Waals surface area contributed by atoms with E-state index < -0.39 is 5.97 Å². The van der Waals surface area contributed by atoms with Crippen LogP contribution >= 0.6 is 0 Å². The van der Waals surface area contributed by atoms with Crippen LogP contribution in [0, 0.1) is 0 Å². The second-order valence-corrected chi connectivity index (χ2v) is 10.5. The third-order valence-electron chi connectivity index (χ3n) is 6.04. The van der Waals surface area contributed by atoms with Gasteiger partial charge in [0, 0.05) is 24.3 Å². The zero-order valence-electron chi connectivity index (χ0n) is 22.0. The van der Waals surface area contributed by atoms with Crippen molar-refractivity contribution >= 4 is 34.6 Å². The highest BCUT2D eigenvalue weighted by atomic mass is 16.5. The third-order valence-corrected chi connectivity index (χ3v) is 6.04. The zero-order valence-corrected chi connectivity index (χ0v) is 22.0. The Morgan fingerprint density at radius 3 is 2.62 bits per heavy atom. The molecule has 0 radical (unpaired) electrons. The van der Waals surface area contributed by atoms with E-state index in [1.54, 1.807) is 6.33 Å². The van der Waals surface area contributed by atoms with Crippen LogP contribution in [0.5, 0.6) is 5.75 Å². The molecular weight excluding hydrogens is 472 g/mol. The van der Waals surface area contributed by atoms with Gasteiger partial charge in [-0.1, -0.05) is 12.8 Å². The number of hydrogen-bond donors (Lipinski definition) is 3. The average molecular weight is 511 g/mol. The highest BCUT2D eigenvalue weighted by Crippen LogP contribution is 2.30. The Balaban J connectivity index is 1.43. The third kappa shape index (κ3) is 7.79. The molecule has 1 aromatic carbocycles. The summed E-state index contributed by atoms with van der Waals surface area (Å²) >= 11 is 0. The fourth-order valence-corrected chi connectivity index (χ4v) is 4.25. The van der Waals surface area contributed by atoms with Gasteiger partial charge in [-0.2, -0.15) is 9.97 Å². The molecule has 4 rings (SSSR count). The Labute approximate surface area is 217 Å². The van der Waals surface area contributed by atoms with Crippen molar-refractivity contribution in [2.24, 2.45) is 0 Å². The molecule has 0 amide bonds. The number of carbonyl (C=O) groups is 1. The molecule has 0 spiro atoms. The van der Waals surface area contributed by atoms with Gasteiger partial charge in [-0.3, -0.25) is 9.36 Å².